The Morgan fingerprint density at radius 1 is 1.11 bits per heavy atom. The van der Waals surface area contributed by atoms with Gasteiger partial charge in [0.25, 0.3) is 0 Å². The van der Waals surface area contributed by atoms with Crippen molar-refractivity contribution >= 4 is 11.8 Å². The molecular formula is C35H53N4O5+. The number of ether oxygens (including phenoxy) is 1. The number of nitrogens with one attached hydrogen (secondary N) is 1. The summed E-state index contributed by atoms with van der Waals surface area (Å²) in [5, 5.41) is 31.4. The number of allylic oxidation sites excluding steroid dienone is 5. The molecule has 1 heterocycles. The van der Waals surface area contributed by atoms with E-state index in [1.165, 1.54) is 6.92 Å². The largest absolute Gasteiger partial charge is 0.458 e. The number of aliphatic hydroxyl groups is 2. The maximum absolute atomic E-state index is 13.2. The van der Waals surface area contributed by atoms with Gasteiger partial charge in [-0.05, 0) is 99.9 Å². The fourth-order valence-corrected chi connectivity index (χ4v) is 10.7. The predicted molar refractivity (Wildman–Crippen MR) is 167 cm³/mol. The van der Waals surface area contributed by atoms with E-state index >= 15 is 0 Å². The molecule has 44 heavy (non-hydrogen) atoms. The maximum Gasteiger partial charge on any atom is 0.303 e. The molecule has 4 saturated carbocycles. The van der Waals surface area contributed by atoms with E-state index in [2.05, 4.69) is 38.0 Å². The summed E-state index contributed by atoms with van der Waals surface area (Å²) in [5.41, 5.74) is 7.61. The summed E-state index contributed by atoms with van der Waals surface area (Å²) in [7, 11) is 0. The van der Waals surface area contributed by atoms with E-state index in [0.717, 1.165) is 36.1 Å². The van der Waals surface area contributed by atoms with Crippen LogP contribution < -0.4 is 10.4 Å². The lowest BCUT2D eigenvalue weighted by atomic mass is 9.35. The van der Waals surface area contributed by atoms with Crippen molar-refractivity contribution in [1.29, 1.82) is 0 Å². The summed E-state index contributed by atoms with van der Waals surface area (Å²) in [6.07, 6.45) is 10.1. The molecule has 5 N–H and O–H groups in total. The third-order valence-corrected chi connectivity index (χ3v) is 12.7. The van der Waals surface area contributed by atoms with E-state index in [1.54, 1.807) is 6.92 Å². The fraction of sp³-hybridized carbons (Fsp3) is 0.714. The van der Waals surface area contributed by atoms with E-state index in [1.807, 2.05) is 43.0 Å². The molecule has 242 valence electrons. The zero-order chi connectivity index (χ0) is 32.4. The number of aromatic amines is 1. The minimum atomic E-state index is -0.648. The summed E-state index contributed by atoms with van der Waals surface area (Å²) in [6, 6.07) is 0. The summed E-state index contributed by atoms with van der Waals surface area (Å²) in [5.74, 6) is -0.535. The Labute approximate surface area is 262 Å². The van der Waals surface area contributed by atoms with Gasteiger partial charge in [-0.15, -0.1) is 0 Å². The Hall–Kier alpha value is -2.62. The van der Waals surface area contributed by atoms with Gasteiger partial charge in [0.1, 0.15) is 6.10 Å². The van der Waals surface area contributed by atoms with Crippen molar-refractivity contribution in [2.45, 2.75) is 124 Å². The highest BCUT2D eigenvalue weighted by Crippen LogP contribution is 2.75. The smallest absolute Gasteiger partial charge is 0.303 e. The third kappa shape index (κ3) is 4.76. The van der Waals surface area contributed by atoms with Crippen LogP contribution >= 0.6 is 0 Å². The first kappa shape index (κ1) is 32.8. The standard InChI is InChI=1S/C35H52N4O5/c1-20(2)10-9-11-24(21(3)40)30-25-16-26(42)31-32(5)14-13-29(43)35(8,39-19-23(18-36)37-38-39)28(32)12-15-33(31,6)34(25,7)17-27(30)44-22(4)41/h9-11,19,25-29,31,42-43H,12-18,36H2,1-8H3/p+1/b11-9-,30-24-/t25-,26+,27-,28+,29+,31-,32-,33-,34-,35+/m0/s1. The Balaban J connectivity index is 1.63. The van der Waals surface area contributed by atoms with E-state index in [-0.39, 0.29) is 45.8 Å². The molecule has 4 aliphatic carbocycles. The highest BCUT2D eigenvalue weighted by atomic mass is 16.5. The van der Waals surface area contributed by atoms with Crippen LogP contribution in [0.15, 0.2) is 41.1 Å². The Morgan fingerprint density at radius 2 is 1.82 bits per heavy atom. The first-order chi connectivity index (χ1) is 20.5. The number of ketones is 1. The van der Waals surface area contributed by atoms with Crippen molar-refractivity contribution < 1.29 is 29.2 Å². The molecule has 0 amide bonds. The molecule has 5 rings (SSSR count). The number of carbonyl (C=O) groups is 2. The van der Waals surface area contributed by atoms with Gasteiger partial charge < -0.3 is 20.7 Å². The first-order valence-electron chi connectivity index (χ1n) is 16.3. The van der Waals surface area contributed by atoms with E-state index in [9.17, 15) is 19.8 Å². The molecule has 0 unspecified atom stereocenters. The van der Waals surface area contributed by atoms with Gasteiger partial charge in [0, 0.05) is 23.5 Å². The van der Waals surface area contributed by atoms with Gasteiger partial charge in [0.15, 0.2) is 17.5 Å². The van der Waals surface area contributed by atoms with Crippen LogP contribution in [0.4, 0.5) is 0 Å². The molecule has 9 heteroatoms. The van der Waals surface area contributed by atoms with Crippen LogP contribution in [0.5, 0.6) is 0 Å². The second-order valence-corrected chi connectivity index (χ2v) is 15.3. The van der Waals surface area contributed by atoms with E-state index < -0.39 is 23.9 Å². The summed E-state index contributed by atoms with van der Waals surface area (Å²) in [4.78, 5) is 25.6. The lowest BCUT2D eigenvalue weighted by molar-refractivity contribution is -0.831. The molecule has 1 aromatic heterocycles. The molecule has 9 nitrogen and oxygen atoms in total. The van der Waals surface area contributed by atoms with Crippen molar-refractivity contribution in [2.24, 2.45) is 39.7 Å². The van der Waals surface area contributed by atoms with Crippen LogP contribution in [0.3, 0.4) is 0 Å². The summed E-state index contributed by atoms with van der Waals surface area (Å²) < 4.78 is 7.97. The van der Waals surface area contributed by atoms with Gasteiger partial charge in [-0.2, -0.15) is 4.68 Å². The minimum absolute atomic E-state index is 0.0568. The Morgan fingerprint density at radius 3 is 2.41 bits per heavy atom. The van der Waals surface area contributed by atoms with Gasteiger partial charge in [0.2, 0.25) is 5.69 Å². The van der Waals surface area contributed by atoms with Gasteiger partial charge in [-0.3, -0.25) is 9.59 Å². The fourth-order valence-electron chi connectivity index (χ4n) is 10.7. The van der Waals surface area contributed by atoms with Crippen molar-refractivity contribution in [3.8, 4) is 0 Å². The number of aromatic nitrogens is 3. The lowest BCUT2D eigenvalue weighted by Gasteiger charge is -2.69. The van der Waals surface area contributed by atoms with Crippen molar-refractivity contribution in [1.82, 2.24) is 10.3 Å². The van der Waals surface area contributed by atoms with Crippen LogP contribution in [0.25, 0.3) is 0 Å². The number of fused-ring (bicyclic) bond motifs is 5. The van der Waals surface area contributed by atoms with Gasteiger partial charge in [-0.25, -0.2) is 0 Å². The number of esters is 1. The van der Waals surface area contributed by atoms with Crippen molar-refractivity contribution in [2.75, 3.05) is 0 Å². The van der Waals surface area contributed by atoms with Crippen LogP contribution in [-0.4, -0.2) is 50.6 Å². The summed E-state index contributed by atoms with van der Waals surface area (Å²) in [6.45, 7) is 16.4. The Bertz CT molecular complexity index is 1410. The van der Waals surface area contributed by atoms with E-state index in [4.69, 9.17) is 10.5 Å². The van der Waals surface area contributed by atoms with Crippen LogP contribution in [0.1, 0.15) is 99.6 Å². The monoisotopic (exact) mass is 609 g/mol. The topological polar surface area (TPSA) is 142 Å². The summed E-state index contributed by atoms with van der Waals surface area (Å²) >= 11 is 0. The number of nitrogens with zero attached hydrogens (tertiary/aromatic N) is 2. The van der Waals surface area contributed by atoms with Crippen LogP contribution in [-0.2, 0) is 26.4 Å². The van der Waals surface area contributed by atoms with Crippen molar-refractivity contribution in [3.63, 3.8) is 0 Å². The van der Waals surface area contributed by atoms with Crippen molar-refractivity contribution in [3.05, 3.63) is 46.8 Å². The molecule has 0 radical (unpaired) electrons. The number of carbonyl (C=O) groups excluding carboxylic acids is 2. The maximum atomic E-state index is 13.2. The molecule has 4 aliphatic rings. The van der Waals surface area contributed by atoms with Gasteiger partial charge in [-0.1, -0.05) is 49.8 Å². The average Bonchev–Trinajstić information content (AvgIpc) is 3.52. The molecule has 0 bridgehead atoms. The number of hydrogen-bond acceptors (Lipinski definition) is 7. The highest BCUT2D eigenvalue weighted by molar-refractivity contribution is 5.97. The lowest BCUT2D eigenvalue weighted by Crippen LogP contribution is -2.75. The average molecular weight is 610 g/mol. The van der Waals surface area contributed by atoms with Gasteiger partial charge >= 0.3 is 5.97 Å². The second kappa shape index (κ2) is 11.3. The molecule has 1 aromatic rings. The van der Waals surface area contributed by atoms with Crippen LogP contribution in [0.2, 0.25) is 0 Å². The number of aliphatic hydroxyl groups excluding tert-OH is 2. The molecule has 0 spiro atoms. The molecule has 0 aliphatic heterocycles. The molecule has 4 fully saturated rings. The normalized spacial score (nSPS) is 42.7. The molecular weight excluding hydrogens is 556 g/mol. The quantitative estimate of drug-likeness (QED) is 0.164. The Kier molecular flexibility index (Phi) is 8.43. The number of hydrogen-bond donors (Lipinski definition) is 4. The predicted octanol–water partition coefficient (Wildman–Crippen LogP) is 4.20. The molecule has 10 atom stereocenters. The van der Waals surface area contributed by atoms with E-state index in [0.29, 0.717) is 31.4 Å². The number of rotatable bonds is 6. The SMILES string of the molecule is CC(=O)O[C@H]1C[C@@]2(C)[C@@H](C[C@@H](O)[C@H]3[C@@]4(C)CC[C@@H](O)[C@](C)([n+]5cc(CN)n[nH]5)[C@@H]4CC[C@@]32C)/C1=C(\C=C/C=C(C)C)C(C)=O. The number of H-pyrrole nitrogens is 1. The second-order valence-electron chi connectivity index (χ2n) is 15.3. The first-order valence-corrected chi connectivity index (χ1v) is 16.3. The number of Topliss-reactive ketones (excluding diaryl/α,β-unsaturated/α-hetero) is 1. The van der Waals surface area contributed by atoms with Crippen LogP contribution in [0, 0.1) is 34.0 Å². The highest BCUT2D eigenvalue weighted by Gasteiger charge is 2.73. The molecule has 0 aromatic carbocycles. The molecule has 0 saturated heterocycles. The minimum Gasteiger partial charge on any atom is -0.458 e. The zero-order valence-corrected chi connectivity index (χ0v) is 27.8. The zero-order valence-electron chi connectivity index (χ0n) is 27.8. The third-order valence-electron chi connectivity index (χ3n) is 12.7. The number of nitrogens with two attached hydrogens (primary N) is 1. The van der Waals surface area contributed by atoms with Gasteiger partial charge in [0.05, 0.1) is 18.8 Å².